The molecular formula is C27H21N3O5. The lowest BCUT2D eigenvalue weighted by atomic mass is 10.1. The number of aromatic nitrogens is 2. The number of hydrogen-bond acceptors (Lipinski definition) is 7. The number of rotatable bonds is 6. The number of esters is 1. The minimum atomic E-state index is -0.996. The minimum Gasteiger partial charge on any atom is -0.463 e. The highest BCUT2D eigenvalue weighted by Gasteiger charge is 2.21. The van der Waals surface area contributed by atoms with Crippen LogP contribution in [0.2, 0.25) is 0 Å². The van der Waals surface area contributed by atoms with Gasteiger partial charge < -0.3 is 18.9 Å². The smallest absolute Gasteiger partial charge is 0.338 e. The maximum absolute atomic E-state index is 12.8. The maximum atomic E-state index is 12.8. The second kappa shape index (κ2) is 9.26. The first kappa shape index (κ1) is 22.1. The number of carbonyl (C=O) groups excluding carboxylic acids is 2. The van der Waals surface area contributed by atoms with Crippen molar-refractivity contribution in [2.75, 3.05) is 5.32 Å². The highest BCUT2D eigenvalue weighted by Crippen LogP contribution is 2.31. The number of furan rings is 2. The quantitative estimate of drug-likeness (QED) is 0.322. The molecule has 2 aromatic carbocycles. The van der Waals surface area contributed by atoms with Crippen LogP contribution in [0.25, 0.3) is 33.9 Å². The monoisotopic (exact) mass is 467 g/mol. The largest absolute Gasteiger partial charge is 0.463 e. The van der Waals surface area contributed by atoms with Crippen LogP contribution in [0.15, 0.2) is 88.1 Å². The molecule has 1 N–H and O–H groups in total. The third kappa shape index (κ3) is 4.67. The topological polar surface area (TPSA) is 107 Å². The molecule has 1 amide bonds. The second-order valence-corrected chi connectivity index (χ2v) is 7.99. The summed E-state index contributed by atoms with van der Waals surface area (Å²) in [6.45, 7) is 3.45. The molecule has 0 fully saturated rings. The van der Waals surface area contributed by atoms with Gasteiger partial charge in [-0.05, 0) is 74.0 Å². The summed E-state index contributed by atoms with van der Waals surface area (Å²) in [5.74, 6) is -0.00840. The van der Waals surface area contributed by atoms with Crippen LogP contribution >= 0.6 is 0 Å². The zero-order valence-corrected chi connectivity index (χ0v) is 19.0. The SMILES string of the molecule is Cc1cccc(NC(=O)C(C)OC(=O)c2ccc3nc(-c4ccco4)c(-c4ccco4)nc3c2)c1. The van der Waals surface area contributed by atoms with E-state index in [0.29, 0.717) is 39.6 Å². The molecule has 1 unspecified atom stereocenters. The first-order valence-corrected chi connectivity index (χ1v) is 11.0. The molecule has 0 aliphatic carbocycles. The highest BCUT2D eigenvalue weighted by molar-refractivity contribution is 5.99. The Bertz CT molecular complexity index is 1510. The van der Waals surface area contributed by atoms with Gasteiger partial charge in [-0.2, -0.15) is 0 Å². The average Bonchev–Trinajstić information content (AvgIpc) is 3.57. The number of benzene rings is 2. The van der Waals surface area contributed by atoms with Crippen LogP contribution in [0.3, 0.4) is 0 Å². The van der Waals surface area contributed by atoms with Crippen molar-refractivity contribution in [3.05, 3.63) is 90.4 Å². The lowest BCUT2D eigenvalue weighted by Gasteiger charge is -2.14. The van der Waals surface area contributed by atoms with Crippen molar-refractivity contribution in [3.63, 3.8) is 0 Å². The van der Waals surface area contributed by atoms with Crippen molar-refractivity contribution >= 4 is 28.6 Å². The van der Waals surface area contributed by atoms with Crippen LogP contribution in [0.4, 0.5) is 5.69 Å². The molecule has 0 aliphatic rings. The molecule has 3 heterocycles. The third-order valence-electron chi connectivity index (χ3n) is 5.35. The molecular weight excluding hydrogens is 446 g/mol. The van der Waals surface area contributed by atoms with Gasteiger partial charge in [-0.15, -0.1) is 0 Å². The zero-order chi connectivity index (χ0) is 24.4. The van der Waals surface area contributed by atoms with Gasteiger partial charge in [-0.25, -0.2) is 14.8 Å². The van der Waals surface area contributed by atoms with Crippen molar-refractivity contribution < 1.29 is 23.2 Å². The molecule has 5 rings (SSSR count). The Morgan fingerprint density at radius 2 is 1.54 bits per heavy atom. The summed E-state index contributed by atoms with van der Waals surface area (Å²) in [5.41, 5.74) is 3.93. The Kier molecular flexibility index (Phi) is 5.85. The number of anilines is 1. The fourth-order valence-corrected chi connectivity index (χ4v) is 3.60. The molecule has 0 bridgehead atoms. The number of ether oxygens (including phenoxy) is 1. The number of nitrogens with zero attached hydrogens (tertiary/aromatic N) is 2. The van der Waals surface area contributed by atoms with E-state index in [-0.39, 0.29) is 5.56 Å². The normalized spacial score (nSPS) is 11.8. The summed E-state index contributed by atoms with van der Waals surface area (Å²) >= 11 is 0. The zero-order valence-electron chi connectivity index (χ0n) is 19.0. The van der Waals surface area contributed by atoms with E-state index in [0.717, 1.165) is 5.56 Å². The van der Waals surface area contributed by atoms with Gasteiger partial charge in [0.05, 0.1) is 29.1 Å². The molecule has 8 nitrogen and oxygen atoms in total. The summed E-state index contributed by atoms with van der Waals surface area (Å²) in [5, 5.41) is 2.75. The van der Waals surface area contributed by atoms with Crippen molar-refractivity contribution in [2.45, 2.75) is 20.0 Å². The van der Waals surface area contributed by atoms with Gasteiger partial charge in [0.2, 0.25) is 0 Å². The highest BCUT2D eigenvalue weighted by atomic mass is 16.5. The summed E-state index contributed by atoms with van der Waals surface area (Å²) in [6, 6.07) is 19.3. The Hall–Kier alpha value is -4.72. The molecule has 3 aromatic heterocycles. The van der Waals surface area contributed by atoms with Gasteiger partial charge in [0, 0.05) is 5.69 Å². The van der Waals surface area contributed by atoms with E-state index in [1.165, 1.54) is 6.92 Å². The number of amides is 1. The van der Waals surface area contributed by atoms with E-state index in [1.807, 2.05) is 25.1 Å². The second-order valence-electron chi connectivity index (χ2n) is 7.99. The molecule has 0 saturated heterocycles. The van der Waals surface area contributed by atoms with Gasteiger partial charge in [0.25, 0.3) is 5.91 Å². The number of hydrogen-bond donors (Lipinski definition) is 1. The number of aryl methyl sites for hydroxylation is 1. The fraction of sp³-hybridized carbons (Fsp3) is 0.111. The molecule has 0 aliphatic heterocycles. The first-order valence-electron chi connectivity index (χ1n) is 11.0. The summed E-state index contributed by atoms with van der Waals surface area (Å²) in [6.07, 6.45) is 2.11. The van der Waals surface area contributed by atoms with Crippen LogP contribution in [0.5, 0.6) is 0 Å². The molecule has 1 atom stereocenters. The van der Waals surface area contributed by atoms with Crippen molar-refractivity contribution in [1.29, 1.82) is 0 Å². The van der Waals surface area contributed by atoms with Gasteiger partial charge in [-0.1, -0.05) is 12.1 Å². The lowest BCUT2D eigenvalue weighted by molar-refractivity contribution is -0.123. The summed E-state index contributed by atoms with van der Waals surface area (Å²) in [7, 11) is 0. The van der Waals surface area contributed by atoms with Crippen molar-refractivity contribution in [3.8, 4) is 22.9 Å². The Labute approximate surface area is 200 Å². The minimum absolute atomic E-state index is 0.248. The van der Waals surface area contributed by atoms with Gasteiger partial charge >= 0.3 is 5.97 Å². The number of nitrogens with one attached hydrogen (secondary N) is 1. The van der Waals surface area contributed by atoms with E-state index in [2.05, 4.69) is 10.3 Å². The standard InChI is InChI=1S/C27H21N3O5/c1-16-6-3-7-19(14-16)28-26(31)17(2)35-27(32)18-10-11-20-21(15-18)30-25(23-9-5-13-34-23)24(29-20)22-8-4-12-33-22/h3-15,17H,1-2H3,(H,28,31). The van der Waals surface area contributed by atoms with E-state index < -0.39 is 18.0 Å². The van der Waals surface area contributed by atoms with Gasteiger partial charge in [-0.3, -0.25) is 4.79 Å². The molecule has 35 heavy (non-hydrogen) atoms. The van der Waals surface area contributed by atoms with E-state index >= 15 is 0 Å². The maximum Gasteiger partial charge on any atom is 0.338 e. The predicted octanol–water partition coefficient (Wildman–Crippen LogP) is 5.64. The van der Waals surface area contributed by atoms with Crippen molar-refractivity contribution in [1.82, 2.24) is 9.97 Å². The number of fused-ring (bicyclic) bond motifs is 1. The van der Waals surface area contributed by atoms with E-state index in [4.69, 9.17) is 18.6 Å². The van der Waals surface area contributed by atoms with Crippen LogP contribution in [-0.2, 0) is 9.53 Å². The average molecular weight is 467 g/mol. The molecule has 0 radical (unpaired) electrons. The Balaban J connectivity index is 1.40. The van der Waals surface area contributed by atoms with Crippen molar-refractivity contribution in [2.24, 2.45) is 0 Å². The van der Waals surface area contributed by atoms with Crippen LogP contribution in [-0.4, -0.2) is 27.9 Å². The van der Waals surface area contributed by atoms with E-state index in [9.17, 15) is 9.59 Å². The summed E-state index contributed by atoms with van der Waals surface area (Å²) < 4.78 is 16.5. The lowest BCUT2D eigenvalue weighted by Crippen LogP contribution is -2.30. The van der Waals surface area contributed by atoms with Crippen LogP contribution in [0, 0.1) is 6.92 Å². The Morgan fingerprint density at radius 1 is 0.857 bits per heavy atom. The molecule has 0 saturated carbocycles. The summed E-state index contributed by atoms with van der Waals surface area (Å²) in [4.78, 5) is 34.7. The Morgan fingerprint density at radius 3 is 2.17 bits per heavy atom. The molecule has 5 aromatic rings. The van der Waals surface area contributed by atoms with Gasteiger partial charge in [0.1, 0.15) is 11.4 Å². The molecule has 8 heteroatoms. The van der Waals surface area contributed by atoms with Crippen LogP contribution in [0.1, 0.15) is 22.8 Å². The van der Waals surface area contributed by atoms with E-state index in [1.54, 1.807) is 61.1 Å². The van der Waals surface area contributed by atoms with Gasteiger partial charge in [0.15, 0.2) is 17.6 Å². The first-order chi connectivity index (χ1) is 17.0. The third-order valence-corrected chi connectivity index (χ3v) is 5.35. The fourth-order valence-electron chi connectivity index (χ4n) is 3.60. The number of carbonyl (C=O) groups is 2. The molecule has 0 spiro atoms. The molecule has 174 valence electrons. The predicted molar refractivity (Wildman–Crippen MR) is 130 cm³/mol. The van der Waals surface area contributed by atoms with Crippen LogP contribution < -0.4 is 5.32 Å².